The molecule has 0 bridgehead atoms. The van der Waals surface area contributed by atoms with E-state index in [2.05, 4.69) is 21.5 Å². The maximum Gasteiger partial charge on any atom is 0.419 e. The fourth-order valence-corrected chi connectivity index (χ4v) is 4.15. The number of carboxylic acids is 1. The van der Waals surface area contributed by atoms with Crippen LogP contribution in [0.3, 0.4) is 0 Å². The van der Waals surface area contributed by atoms with Crippen LogP contribution in [-0.4, -0.2) is 26.0 Å². The van der Waals surface area contributed by atoms with Crippen LogP contribution in [0, 0.1) is 26.6 Å². The standard InChI is InChI=1S/C19H17F4N3S.C6H10O2.C2H6/c1-10-6-7-24-12(3)17(10)27-9-16-11(2)25-18(26-16)13-4-5-14(15(20)8-13)19(21,22)23;1-5(2)3-4-6(7)8;1-2/h4-8H,9H2,1-3H3,(H,25,26);1,3-4H2,2H3,(H,7,8);1-2H3. The van der Waals surface area contributed by atoms with Gasteiger partial charge >= 0.3 is 12.1 Å². The number of halogens is 4. The van der Waals surface area contributed by atoms with Gasteiger partial charge in [-0.1, -0.05) is 25.5 Å². The predicted molar refractivity (Wildman–Crippen MR) is 140 cm³/mol. The number of hydrogen-bond acceptors (Lipinski definition) is 4. The first-order chi connectivity index (χ1) is 17.3. The van der Waals surface area contributed by atoms with Crippen LogP contribution in [0.15, 0.2) is 47.5 Å². The molecule has 0 saturated heterocycles. The monoisotopic (exact) mass is 539 g/mol. The van der Waals surface area contributed by atoms with Gasteiger partial charge in [-0.2, -0.15) is 13.2 Å². The zero-order valence-corrected chi connectivity index (χ0v) is 22.7. The zero-order chi connectivity index (χ0) is 28.3. The fraction of sp³-hybridized carbons (Fsp3) is 0.370. The van der Waals surface area contributed by atoms with Crippen molar-refractivity contribution in [3.63, 3.8) is 0 Å². The molecule has 5 nitrogen and oxygen atoms in total. The maximum atomic E-state index is 13.8. The van der Waals surface area contributed by atoms with E-state index >= 15 is 0 Å². The van der Waals surface area contributed by atoms with Crippen molar-refractivity contribution in [2.75, 3.05) is 0 Å². The highest BCUT2D eigenvalue weighted by molar-refractivity contribution is 7.98. The number of carbonyl (C=O) groups is 1. The second kappa shape index (κ2) is 14.6. The summed E-state index contributed by atoms with van der Waals surface area (Å²) in [5.74, 6) is -1.16. The van der Waals surface area contributed by atoms with Gasteiger partial charge < -0.3 is 10.1 Å². The molecule has 37 heavy (non-hydrogen) atoms. The molecule has 0 aliphatic heterocycles. The molecule has 0 radical (unpaired) electrons. The van der Waals surface area contributed by atoms with Crippen LogP contribution in [0.25, 0.3) is 11.4 Å². The number of allylic oxidation sites excluding steroid dienone is 1. The molecule has 2 N–H and O–H groups in total. The summed E-state index contributed by atoms with van der Waals surface area (Å²) in [6.45, 7) is 15.2. The average Bonchev–Trinajstić information content (AvgIpc) is 3.19. The van der Waals surface area contributed by atoms with E-state index < -0.39 is 23.5 Å². The third kappa shape index (κ3) is 10.0. The quantitative estimate of drug-likeness (QED) is 0.179. The zero-order valence-electron chi connectivity index (χ0n) is 21.9. The van der Waals surface area contributed by atoms with Gasteiger partial charge in [0.15, 0.2) is 0 Å². The van der Waals surface area contributed by atoms with Crippen LogP contribution in [0.4, 0.5) is 17.6 Å². The lowest BCUT2D eigenvalue weighted by molar-refractivity contribution is -0.140. The summed E-state index contributed by atoms with van der Waals surface area (Å²) in [6.07, 6.45) is -2.17. The summed E-state index contributed by atoms with van der Waals surface area (Å²) in [5.41, 5.74) is 3.51. The maximum absolute atomic E-state index is 13.8. The molecule has 0 amide bonds. The Kier molecular flexibility index (Phi) is 12.6. The number of aromatic nitrogens is 3. The van der Waals surface area contributed by atoms with Gasteiger partial charge in [0.1, 0.15) is 11.6 Å². The van der Waals surface area contributed by atoms with Gasteiger partial charge in [-0.25, -0.2) is 9.37 Å². The number of rotatable bonds is 7. The smallest absolute Gasteiger partial charge is 0.419 e. The van der Waals surface area contributed by atoms with Crippen molar-refractivity contribution < 1.29 is 27.5 Å². The Morgan fingerprint density at radius 2 is 1.78 bits per heavy atom. The second-order valence-electron chi connectivity index (χ2n) is 8.03. The Labute approximate surface area is 219 Å². The van der Waals surface area contributed by atoms with Crippen LogP contribution in [0.1, 0.15) is 61.8 Å². The van der Waals surface area contributed by atoms with Gasteiger partial charge in [0.25, 0.3) is 0 Å². The first-order valence-electron chi connectivity index (χ1n) is 11.6. The summed E-state index contributed by atoms with van der Waals surface area (Å²) < 4.78 is 51.9. The number of aryl methyl sites for hydroxylation is 3. The molecule has 2 aromatic heterocycles. The topological polar surface area (TPSA) is 78.9 Å². The Bertz CT molecular complexity index is 1170. The van der Waals surface area contributed by atoms with Crippen LogP contribution >= 0.6 is 11.8 Å². The summed E-state index contributed by atoms with van der Waals surface area (Å²) in [7, 11) is 0. The summed E-state index contributed by atoms with van der Waals surface area (Å²) >= 11 is 1.59. The summed E-state index contributed by atoms with van der Waals surface area (Å²) in [6, 6.07) is 4.74. The van der Waals surface area contributed by atoms with E-state index in [1.165, 1.54) is 6.07 Å². The average molecular weight is 540 g/mol. The van der Waals surface area contributed by atoms with Crippen molar-refractivity contribution in [1.82, 2.24) is 15.0 Å². The number of H-pyrrole nitrogens is 1. The molecular weight excluding hydrogens is 506 g/mol. The minimum atomic E-state index is -4.72. The van der Waals surface area contributed by atoms with Gasteiger partial charge in [-0.05, 0) is 57.9 Å². The van der Waals surface area contributed by atoms with Crippen LogP contribution in [-0.2, 0) is 16.7 Å². The molecular formula is C27H33F4N3O2S. The Balaban J connectivity index is 0.000000586. The lowest BCUT2D eigenvalue weighted by atomic mass is 10.1. The number of nitrogens with zero attached hydrogens (tertiary/aromatic N) is 2. The predicted octanol–water partition coefficient (Wildman–Crippen LogP) is 8.30. The van der Waals surface area contributed by atoms with Crippen molar-refractivity contribution in [3.8, 4) is 11.4 Å². The number of aliphatic carboxylic acids is 1. The number of imidazole rings is 1. The molecule has 3 rings (SSSR count). The van der Waals surface area contributed by atoms with E-state index in [0.717, 1.165) is 45.2 Å². The fourth-order valence-electron chi connectivity index (χ4n) is 3.03. The first-order valence-corrected chi connectivity index (χ1v) is 12.6. The number of benzene rings is 1. The Morgan fingerprint density at radius 1 is 1.14 bits per heavy atom. The highest BCUT2D eigenvalue weighted by Gasteiger charge is 2.34. The van der Waals surface area contributed by atoms with E-state index in [4.69, 9.17) is 5.11 Å². The van der Waals surface area contributed by atoms with E-state index in [-0.39, 0.29) is 12.0 Å². The molecule has 202 valence electrons. The molecule has 1 aromatic carbocycles. The number of alkyl halides is 3. The summed E-state index contributed by atoms with van der Waals surface area (Å²) in [4.78, 5) is 22.7. The molecule has 10 heteroatoms. The highest BCUT2D eigenvalue weighted by atomic mass is 32.2. The third-order valence-electron chi connectivity index (χ3n) is 4.93. The van der Waals surface area contributed by atoms with Crippen molar-refractivity contribution in [2.45, 2.75) is 71.2 Å². The molecule has 3 aromatic rings. The number of nitrogens with one attached hydrogen (secondary N) is 1. The summed E-state index contributed by atoms with van der Waals surface area (Å²) in [5, 5.41) is 8.12. The molecule has 2 heterocycles. The highest BCUT2D eigenvalue weighted by Crippen LogP contribution is 2.34. The van der Waals surface area contributed by atoms with E-state index in [0.29, 0.717) is 18.0 Å². The molecule has 0 spiro atoms. The second-order valence-corrected chi connectivity index (χ2v) is 9.02. The molecule has 0 fully saturated rings. The molecule has 0 aliphatic rings. The number of thioether (sulfide) groups is 1. The van der Waals surface area contributed by atoms with Crippen molar-refractivity contribution >= 4 is 17.7 Å². The van der Waals surface area contributed by atoms with Gasteiger partial charge in [-0.3, -0.25) is 9.78 Å². The van der Waals surface area contributed by atoms with E-state index in [1.807, 2.05) is 47.6 Å². The Morgan fingerprint density at radius 3 is 2.27 bits per heavy atom. The van der Waals surface area contributed by atoms with Crippen molar-refractivity contribution in [3.05, 3.63) is 76.6 Å². The molecule has 0 atom stereocenters. The Hall–Kier alpha value is -3.14. The van der Waals surface area contributed by atoms with Crippen LogP contribution < -0.4 is 0 Å². The van der Waals surface area contributed by atoms with Crippen LogP contribution in [0.2, 0.25) is 0 Å². The third-order valence-corrected chi connectivity index (χ3v) is 6.26. The van der Waals surface area contributed by atoms with Crippen molar-refractivity contribution in [2.24, 2.45) is 0 Å². The van der Waals surface area contributed by atoms with E-state index in [9.17, 15) is 22.4 Å². The van der Waals surface area contributed by atoms with E-state index in [1.54, 1.807) is 18.0 Å². The SMILES string of the molecule is C=C(C)CCC(=O)O.CC.Cc1ccnc(C)c1SCc1nc(-c2ccc(C(F)(F)F)c(F)c2)[nH]c1C. The minimum Gasteiger partial charge on any atom is -0.481 e. The number of hydrogen-bond donors (Lipinski definition) is 2. The number of pyridine rings is 1. The first kappa shape index (κ1) is 31.9. The number of aromatic amines is 1. The molecule has 0 saturated carbocycles. The molecule has 0 aliphatic carbocycles. The minimum absolute atomic E-state index is 0.204. The van der Waals surface area contributed by atoms with Gasteiger partial charge in [0.2, 0.25) is 0 Å². The normalized spacial score (nSPS) is 10.6. The lowest BCUT2D eigenvalue weighted by Gasteiger charge is -2.08. The largest absolute Gasteiger partial charge is 0.481 e. The lowest BCUT2D eigenvalue weighted by Crippen LogP contribution is -2.07. The van der Waals surface area contributed by atoms with Gasteiger partial charge in [0, 0.05) is 34.5 Å². The molecule has 0 unspecified atom stereocenters. The van der Waals surface area contributed by atoms with Gasteiger partial charge in [-0.15, -0.1) is 18.3 Å². The van der Waals surface area contributed by atoms with Crippen LogP contribution in [0.5, 0.6) is 0 Å². The van der Waals surface area contributed by atoms with Gasteiger partial charge in [0.05, 0.1) is 17.0 Å². The van der Waals surface area contributed by atoms with Crippen molar-refractivity contribution in [1.29, 1.82) is 0 Å². The number of carboxylic acid groups (broad SMARTS) is 1.